The molecule has 0 saturated carbocycles. The molecular weight excluding hydrogens is 526 g/mol. The molecule has 0 unspecified atom stereocenters. The summed E-state index contributed by atoms with van der Waals surface area (Å²) < 4.78 is 6.66. The van der Waals surface area contributed by atoms with E-state index in [9.17, 15) is 9.59 Å². The van der Waals surface area contributed by atoms with Crippen LogP contribution in [-0.2, 0) is 0 Å². The zero-order valence-electron chi connectivity index (χ0n) is 20.3. The Bertz CT molecular complexity index is 1020. The van der Waals surface area contributed by atoms with Gasteiger partial charge in [0.1, 0.15) is 5.75 Å². The molecule has 188 valence electrons. The van der Waals surface area contributed by atoms with Crippen LogP contribution in [0.15, 0.2) is 46.9 Å². The summed E-state index contributed by atoms with van der Waals surface area (Å²) in [4.78, 5) is 27.8. The van der Waals surface area contributed by atoms with Gasteiger partial charge in [0, 0.05) is 28.8 Å². The van der Waals surface area contributed by atoms with Crippen LogP contribution in [0.2, 0.25) is 0 Å². The molecule has 2 aromatic rings. The van der Waals surface area contributed by atoms with Crippen LogP contribution in [0.1, 0.15) is 79.0 Å². The SMILES string of the molecule is CCCCCCOc1ccc(Br)cc1C(=O)NC(=S)Nc1cccc(C(=O)N2CCCCCC2)c1. The van der Waals surface area contributed by atoms with Crippen molar-refractivity contribution in [3.8, 4) is 5.75 Å². The van der Waals surface area contributed by atoms with E-state index in [1.54, 1.807) is 18.2 Å². The Morgan fingerprint density at radius 3 is 2.54 bits per heavy atom. The molecular formula is C27H34BrN3O3S. The lowest BCUT2D eigenvalue weighted by atomic mass is 10.1. The van der Waals surface area contributed by atoms with Crippen molar-refractivity contribution in [3.05, 3.63) is 58.1 Å². The standard InChI is InChI=1S/C27H34BrN3O3S/c1-2-3-4-9-17-34-24-14-13-21(28)19-23(24)25(32)30-27(35)29-22-12-10-11-20(18-22)26(33)31-15-7-5-6-8-16-31/h10-14,18-19H,2-9,15-17H2,1H3,(H2,29,30,32,35). The number of rotatable bonds is 9. The van der Waals surface area contributed by atoms with Crippen LogP contribution < -0.4 is 15.4 Å². The van der Waals surface area contributed by atoms with Crippen molar-refractivity contribution in [2.24, 2.45) is 0 Å². The van der Waals surface area contributed by atoms with E-state index in [1.165, 1.54) is 19.3 Å². The highest BCUT2D eigenvalue weighted by Crippen LogP contribution is 2.24. The first kappa shape index (κ1) is 27.1. The Morgan fingerprint density at radius 1 is 1.03 bits per heavy atom. The summed E-state index contributed by atoms with van der Waals surface area (Å²) in [5.41, 5.74) is 1.67. The van der Waals surface area contributed by atoms with Gasteiger partial charge in [0.15, 0.2) is 5.11 Å². The monoisotopic (exact) mass is 559 g/mol. The molecule has 2 N–H and O–H groups in total. The lowest BCUT2D eigenvalue weighted by Crippen LogP contribution is -2.34. The van der Waals surface area contributed by atoms with Gasteiger partial charge in [-0.3, -0.25) is 14.9 Å². The molecule has 3 rings (SSSR count). The molecule has 0 aliphatic carbocycles. The average molecular weight is 561 g/mol. The van der Waals surface area contributed by atoms with Crippen LogP contribution >= 0.6 is 28.1 Å². The normalized spacial score (nSPS) is 13.6. The number of unbranched alkanes of at least 4 members (excludes halogenated alkanes) is 3. The Morgan fingerprint density at radius 2 is 1.80 bits per heavy atom. The third-order valence-corrected chi connectivity index (χ3v) is 6.63. The number of ether oxygens (including phenoxy) is 1. The second-order valence-corrected chi connectivity index (χ2v) is 10.1. The summed E-state index contributed by atoms with van der Waals surface area (Å²) in [5.74, 6) is 0.194. The number of amides is 2. The van der Waals surface area contributed by atoms with Crippen molar-refractivity contribution >= 4 is 50.8 Å². The molecule has 0 spiro atoms. The van der Waals surface area contributed by atoms with E-state index < -0.39 is 0 Å². The van der Waals surface area contributed by atoms with E-state index in [2.05, 4.69) is 33.5 Å². The highest BCUT2D eigenvalue weighted by Gasteiger charge is 2.18. The summed E-state index contributed by atoms with van der Waals surface area (Å²) in [7, 11) is 0. The van der Waals surface area contributed by atoms with Crippen molar-refractivity contribution in [1.29, 1.82) is 0 Å². The molecule has 0 radical (unpaired) electrons. The van der Waals surface area contributed by atoms with Crippen LogP contribution in [0, 0.1) is 0 Å². The van der Waals surface area contributed by atoms with Gasteiger partial charge in [-0.2, -0.15) is 0 Å². The van der Waals surface area contributed by atoms with Crippen molar-refractivity contribution in [2.45, 2.75) is 58.3 Å². The van der Waals surface area contributed by atoms with Gasteiger partial charge >= 0.3 is 0 Å². The predicted octanol–water partition coefficient (Wildman–Crippen LogP) is 6.55. The zero-order chi connectivity index (χ0) is 25.0. The number of anilines is 1. The highest BCUT2D eigenvalue weighted by atomic mass is 79.9. The fraction of sp³-hybridized carbons (Fsp3) is 0.444. The minimum absolute atomic E-state index is 0.0281. The minimum Gasteiger partial charge on any atom is -0.493 e. The predicted molar refractivity (Wildman–Crippen MR) is 148 cm³/mol. The van der Waals surface area contributed by atoms with Crippen molar-refractivity contribution in [3.63, 3.8) is 0 Å². The van der Waals surface area contributed by atoms with E-state index in [1.807, 2.05) is 29.2 Å². The number of nitrogens with zero attached hydrogens (tertiary/aromatic N) is 1. The average Bonchev–Trinajstić information content (AvgIpc) is 3.14. The van der Waals surface area contributed by atoms with E-state index >= 15 is 0 Å². The lowest BCUT2D eigenvalue weighted by molar-refractivity contribution is 0.0761. The lowest BCUT2D eigenvalue weighted by Gasteiger charge is -2.20. The molecule has 2 amide bonds. The number of thiocarbonyl (C=S) groups is 1. The van der Waals surface area contributed by atoms with Crippen molar-refractivity contribution in [2.75, 3.05) is 25.0 Å². The molecule has 0 bridgehead atoms. The van der Waals surface area contributed by atoms with E-state index in [0.717, 1.165) is 49.7 Å². The number of hydrogen-bond acceptors (Lipinski definition) is 4. The van der Waals surface area contributed by atoms with Crippen LogP contribution in [0.3, 0.4) is 0 Å². The van der Waals surface area contributed by atoms with Crippen LogP contribution in [0.25, 0.3) is 0 Å². The van der Waals surface area contributed by atoms with Gasteiger partial charge in [-0.05, 0) is 67.9 Å². The van der Waals surface area contributed by atoms with Crippen LogP contribution in [0.4, 0.5) is 5.69 Å². The van der Waals surface area contributed by atoms with E-state index in [0.29, 0.717) is 29.2 Å². The maximum absolute atomic E-state index is 13.0. The summed E-state index contributed by atoms with van der Waals surface area (Å²) in [5, 5.41) is 5.91. The highest BCUT2D eigenvalue weighted by molar-refractivity contribution is 9.10. The van der Waals surface area contributed by atoms with Gasteiger partial charge in [0.25, 0.3) is 11.8 Å². The molecule has 35 heavy (non-hydrogen) atoms. The molecule has 6 nitrogen and oxygen atoms in total. The van der Waals surface area contributed by atoms with Gasteiger partial charge < -0.3 is 15.0 Å². The molecule has 0 aromatic heterocycles. The topological polar surface area (TPSA) is 70.7 Å². The molecule has 0 atom stereocenters. The van der Waals surface area contributed by atoms with Gasteiger partial charge in [-0.15, -0.1) is 0 Å². The number of nitrogens with one attached hydrogen (secondary N) is 2. The van der Waals surface area contributed by atoms with Crippen LogP contribution in [-0.4, -0.2) is 41.5 Å². The fourth-order valence-corrected chi connectivity index (χ4v) is 4.61. The number of benzene rings is 2. The molecule has 1 aliphatic heterocycles. The number of halogens is 1. The third kappa shape index (κ3) is 8.61. The summed E-state index contributed by atoms with van der Waals surface area (Å²) in [6.45, 7) is 4.31. The third-order valence-electron chi connectivity index (χ3n) is 5.93. The van der Waals surface area contributed by atoms with Crippen LogP contribution in [0.5, 0.6) is 5.75 Å². The van der Waals surface area contributed by atoms with Gasteiger partial charge in [-0.25, -0.2) is 0 Å². The van der Waals surface area contributed by atoms with Gasteiger partial charge in [0.05, 0.1) is 12.2 Å². The zero-order valence-corrected chi connectivity index (χ0v) is 22.7. The Labute approximate surface area is 221 Å². The van der Waals surface area contributed by atoms with Gasteiger partial charge in [-0.1, -0.05) is 61.0 Å². The van der Waals surface area contributed by atoms with E-state index in [-0.39, 0.29) is 16.9 Å². The summed E-state index contributed by atoms with van der Waals surface area (Å²) in [6, 6.07) is 12.6. The number of likely N-dealkylation sites (tertiary alicyclic amines) is 1. The first-order valence-electron chi connectivity index (χ1n) is 12.4. The molecule has 1 aliphatic rings. The molecule has 1 fully saturated rings. The quantitative estimate of drug-likeness (QED) is 0.269. The second kappa shape index (κ2) is 14.2. The molecule has 1 heterocycles. The Balaban J connectivity index is 1.60. The largest absolute Gasteiger partial charge is 0.493 e. The maximum atomic E-state index is 13.0. The fourth-order valence-electron chi connectivity index (χ4n) is 4.04. The van der Waals surface area contributed by atoms with E-state index in [4.69, 9.17) is 17.0 Å². The summed E-state index contributed by atoms with van der Waals surface area (Å²) >= 11 is 8.81. The minimum atomic E-state index is -0.357. The first-order chi connectivity index (χ1) is 17.0. The summed E-state index contributed by atoms with van der Waals surface area (Å²) in [6.07, 6.45) is 8.79. The molecule has 8 heteroatoms. The van der Waals surface area contributed by atoms with Crippen molar-refractivity contribution < 1.29 is 14.3 Å². The van der Waals surface area contributed by atoms with Crippen molar-refractivity contribution in [1.82, 2.24) is 10.2 Å². The molecule has 1 saturated heterocycles. The maximum Gasteiger partial charge on any atom is 0.261 e. The number of carbonyl (C=O) groups is 2. The molecule has 2 aromatic carbocycles. The second-order valence-electron chi connectivity index (χ2n) is 8.75. The smallest absolute Gasteiger partial charge is 0.261 e. The van der Waals surface area contributed by atoms with Gasteiger partial charge in [0.2, 0.25) is 0 Å². The first-order valence-corrected chi connectivity index (χ1v) is 13.6. The number of carbonyl (C=O) groups excluding carboxylic acids is 2. The Hall–Kier alpha value is -2.45. The number of hydrogen-bond donors (Lipinski definition) is 2. The Kier molecular flexibility index (Phi) is 11.0.